The minimum atomic E-state index is -0.459. The van der Waals surface area contributed by atoms with Crippen molar-refractivity contribution in [3.8, 4) is 0 Å². The number of carbonyl (C=O) groups is 1. The molecule has 1 saturated carbocycles. The van der Waals surface area contributed by atoms with Crippen molar-refractivity contribution in [2.45, 2.75) is 32.6 Å². The summed E-state index contributed by atoms with van der Waals surface area (Å²) in [6.45, 7) is 4.04. The Hall–Kier alpha value is -1.56. The number of carbonyl (C=O) groups excluding carboxylic acids is 1. The van der Waals surface area contributed by atoms with Gasteiger partial charge in [-0.05, 0) is 31.6 Å². The van der Waals surface area contributed by atoms with E-state index in [1.54, 1.807) is 13.1 Å². The molecule has 0 aliphatic heterocycles. The molecule has 20 heavy (non-hydrogen) atoms. The molecular weight excluding hydrogens is 274 g/mol. The van der Waals surface area contributed by atoms with Gasteiger partial charge in [0.05, 0.1) is 11.6 Å². The fraction of sp³-hybridized carbons (Fsp3) is 0.500. The van der Waals surface area contributed by atoms with Crippen LogP contribution in [0.5, 0.6) is 0 Å². The Balaban J connectivity index is 2.37. The van der Waals surface area contributed by atoms with Gasteiger partial charge in [0, 0.05) is 17.8 Å². The average molecular weight is 293 g/mol. The predicted octanol–water partition coefficient (Wildman–Crippen LogP) is 2.30. The van der Waals surface area contributed by atoms with Crippen LogP contribution >= 0.6 is 11.8 Å². The Bertz CT molecular complexity index is 527. The van der Waals surface area contributed by atoms with Crippen LogP contribution < -0.4 is 5.73 Å². The second-order valence-electron chi connectivity index (χ2n) is 4.47. The molecule has 0 unspecified atom stereocenters. The zero-order valence-corrected chi connectivity index (χ0v) is 12.6. The number of ether oxygens (including phenoxy) is 1. The number of aromatic nitrogens is 2. The molecule has 0 amide bonds. The molecule has 1 aromatic heterocycles. The lowest BCUT2D eigenvalue weighted by atomic mass is 10.2. The van der Waals surface area contributed by atoms with E-state index in [1.165, 1.54) is 11.8 Å². The van der Waals surface area contributed by atoms with Gasteiger partial charge < -0.3 is 10.5 Å². The van der Waals surface area contributed by atoms with Gasteiger partial charge in [0.2, 0.25) is 0 Å². The first-order chi connectivity index (χ1) is 9.67. The minimum absolute atomic E-state index is 0.279. The molecule has 6 heteroatoms. The zero-order chi connectivity index (χ0) is 14.5. The van der Waals surface area contributed by atoms with E-state index in [9.17, 15) is 4.79 Å². The summed E-state index contributed by atoms with van der Waals surface area (Å²) in [4.78, 5) is 20.8. The molecule has 0 aromatic carbocycles. The molecule has 2 N–H and O–H groups in total. The van der Waals surface area contributed by atoms with Crippen LogP contribution in [0.4, 0.5) is 0 Å². The summed E-state index contributed by atoms with van der Waals surface area (Å²) in [5.41, 5.74) is 7.25. The number of nitrogens with zero attached hydrogens (tertiary/aromatic N) is 2. The Morgan fingerprint density at radius 2 is 2.25 bits per heavy atom. The molecule has 0 saturated heterocycles. The van der Waals surface area contributed by atoms with E-state index in [4.69, 9.17) is 10.5 Å². The summed E-state index contributed by atoms with van der Waals surface area (Å²) in [5.74, 6) is 1.18. The van der Waals surface area contributed by atoms with Gasteiger partial charge in [-0.3, -0.25) is 0 Å². The van der Waals surface area contributed by atoms with Crippen LogP contribution in [0.2, 0.25) is 0 Å². The first-order valence-electron chi connectivity index (χ1n) is 6.80. The fourth-order valence-corrected chi connectivity index (χ4v) is 2.46. The van der Waals surface area contributed by atoms with Crippen LogP contribution in [-0.4, -0.2) is 28.3 Å². The van der Waals surface area contributed by atoms with E-state index in [0.29, 0.717) is 23.4 Å². The van der Waals surface area contributed by atoms with Crippen molar-refractivity contribution in [2.24, 2.45) is 5.73 Å². The van der Waals surface area contributed by atoms with E-state index >= 15 is 0 Å². The number of hydrogen-bond acceptors (Lipinski definition) is 6. The average Bonchev–Trinajstić information content (AvgIpc) is 3.24. The van der Waals surface area contributed by atoms with Crippen molar-refractivity contribution in [1.29, 1.82) is 0 Å². The molecule has 0 spiro atoms. The van der Waals surface area contributed by atoms with Gasteiger partial charge >= 0.3 is 5.97 Å². The standard InChI is InChI=1S/C14H19N3O2S/c1-3-19-14(18)11(12(15)20-4-2)13-16-8-7-10(17-13)9-5-6-9/h7-9H,3-6,15H2,1-2H3. The first-order valence-corrected chi connectivity index (χ1v) is 7.78. The molecule has 0 atom stereocenters. The summed E-state index contributed by atoms with van der Waals surface area (Å²) in [7, 11) is 0. The fourth-order valence-electron chi connectivity index (χ4n) is 1.83. The topological polar surface area (TPSA) is 78.1 Å². The van der Waals surface area contributed by atoms with Crippen LogP contribution in [0.25, 0.3) is 5.57 Å². The van der Waals surface area contributed by atoms with Crippen LogP contribution in [0.3, 0.4) is 0 Å². The molecule has 1 aliphatic rings. The number of hydrogen-bond donors (Lipinski definition) is 1. The lowest BCUT2D eigenvalue weighted by Gasteiger charge is -2.10. The molecule has 1 fully saturated rings. The molecule has 1 aliphatic carbocycles. The van der Waals surface area contributed by atoms with Crippen molar-refractivity contribution < 1.29 is 9.53 Å². The second kappa shape index (κ2) is 6.74. The smallest absolute Gasteiger partial charge is 0.344 e. The van der Waals surface area contributed by atoms with Gasteiger partial charge in [0.1, 0.15) is 5.57 Å². The Kier molecular flexibility index (Phi) is 5.00. The zero-order valence-electron chi connectivity index (χ0n) is 11.8. The summed E-state index contributed by atoms with van der Waals surface area (Å²) >= 11 is 1.39. The maximum Gasteiger partial charge on any atom is 0.344 e. The number of esters is 1. The lowest BCUT2D eigenvalue weighted by molar-refractivity contribution is -0.136. The molecule has 108 valence electrons. The Morgan fingerprint density at radius 3 is 2.85 bits per heavy atom. The maximum atomic E-state index is 12.1. The van der Waals surface area contributed by atoms with E-state index < -0.39 is 5.97 Å². The van der Waals surface area contributed by atoms with E-state index in [2.05, 4.69) is 9.97 Å². The molecule has 2 rings (SSSR count). The summed E-state index contributed by atoms with van der Waals surface area (Å²) in [5, 5.41) is 0.416. The van der Waals surface area contributed by atoms with Crippen LogP contribution in [0.1, 0.15) is 44.1 Å². The van der Waals surface area contributed by atoms with E-state index in [0.717, 1.165) is 24.3 Å². The molecule has 1 aromatic rings. The van der Waals surface area contributed by atoms with Crippen molar-refractivity contribution in [3.05, 3.63) is 28.8 Å². The van der Waals surface area contributed by atoms with Crippen LogP contribution in [-0.2, 0) is 9.53 Å². The highest BCUT2D eigenvalue weighted by atomic mass is 32.2. The molecule has 0 bridgehead atoms. The minimum Gasteiger partial charge on any atom is -0.462 e. The van der Waals surface area contributed by atoms with Crippen molar-refractivity contribution >= 4 is 23.3 Å². The number of nitrogens with two attached hydrogens (primary N) is 1. The largest absolute Gasteiger partial charge is 0.462 e. The van der Waals surface area contributed by atoms with Crippen molar-refractivity contribution in [3.63, 3.8) is 0 Å². The lowest BCUT2D eigenvalue weighted by Crippen LogP contribution is -2.14. The van der Waals surface area contributed by atoms with Gasteiger partial charge in [-0.25, -0.2) is 14.8 Å². The molecule has 0 radical (unpaired) electrons. The van der Waals surface area contributed by atoms with Gasteiger partial charge in [-0.1, -0.05) is 6.92 Å². The second-order valence-corrected chi connectivity index (χ2v) is 5.78. The monoisotopic (exact) mass is 293 g/mol. The number of rotatable bonds is 6. The maximum absolute atomic E-state index is 12.1. The van der Waals surface area contributed by atoms with Gasteiger partial charge in [-0.2, -0.15) is 0 Å². The summed E-state index contributed by atoms with van der Waals surface area (Å²) in [6.07, 6.45) is 3.97. The molecule has 5 nitrogen and oxygen atoms in total. The third-order valence-electron chi connectivity index (χ3n) is 2.92. The SMILES string of the molecule is CCOC(=O)C(=C(N)SCC)c1nccc(C2CC2)n1. The van der Waals surface area contributed by atoms with Gasteiger partial charge in [-0.15, -0.1) is 11.8 Å². The summed E-state index contributed by atoms with van der Waals surface area (Å²) in [6, 6.07) is 1.90. The highest BCUT2D eigenvalue weighted by Crippen LogP contribution is 2.39. The molecule has 1 heterocycles. The predicted molar refractivity (Wildman–Crippen MR) is 79.9 cm³/mol. The Morgan fingerprint density at radius 1 is 1.50 bits per heavy atom. The third-order valence-corrected chi connectivity index (χ3v) is 3.73. The van der Waals surface area contributed by atoms with Crippen LogP contribution in [0.15, 0.2) is 17.3 Å². The van der Waals surface area contributed by atoms with E-state index in [-0.39, 0.29) is 5.57 Å². The van der Waals surface area contributed by atoms with E-state index in [1.807, 2.05) is 13.0 Å². The number of thioether (sulfide) groups is 1. The Labute approximate surface area is 123 Å². The van der Waals surface area contributed by atoms with Crippen molar-refractivity contribution in [2.75, 3.05) is 12.4 Å². The quantitative estimate of drug-likeness (QED) is 0.640. The first kappa shape index (κ1) is 14.8. The van der Waals surface area contributed by atoms with Gasteiger partial charge in [0.25, 0.3) is 0 Å². The third kappa shape index (κ3) is 3.50. The van der Waals surface area contributed by atoms with Crippen LogP contribution in [0, 0.1) is 0 Å². The highest BCUT2D eigenvalue weighted by Gasteiger charge is 2.27. The van der Waals surface area contributed by atoms with Crippen molar-refractivity contribution in [1.82, 2.24) is 9.97 Å². The summed E-state index contributed by atoms with van der Waals surface area (Å²) < 4.78 is 5.07. The molecular formula is C14H19N3O2S. The normalized spacial score (nSPS) is 15.7. The van der Waals surface area contributed by atoms with Gasteiger partial charge in [0.15, 0.2) is 5.82 Å². The highest BCUT2D eigenvalue weighted by molar-refractivity contribution is 8.03.